The highest BCUT2D eigenvalue weighted by atomic mass is 19.1. The van der Waals surface area contributed by atoms with Crippen LogP contribution in [-0.4, -0.2) is 24.5 Å². The van der Waals surface area contributed by atoms with Gasteiger partial charge in [-0.25, -0.2) is 4.39 Å². The lowest BCUT2D eigenvalue weighted by Gasteiger charge is -2.16. The first-order chi connectivity index (χ1) is 13.3. The van der Waals surface area contributed by atoms with Crippen LogP contribution in [0.4, 0.5) is 4.39 Å². The van der Waals surface area contributed by atoms with Crippen molar-refractivity contribution in [3.8, 4) is 11.5 Å². The molecule has 2 N–H and O–H groups in total. The third-order valence-corrected chi connectivity index (χ3v) is 3.98. The Morgan fingerprint density at radius 1 is 1.04 bits per heavy atom. The zero-order chi connectivity index (χ0) is 20.7. The maximum Gasteiger partial charge on any atom is 0.279 e. The largest absolute Gasteiger partial charge is 0.483 e. The van der Waals surface area contributed by atoms with Crippen molar-refractivity contribution in [1.29, 1.82) is 0 Å². The van der Waals surface area contributed by atoms with Gasteiger partial charge < -0.3 is 9.47 Å². The number of halogens is 1. The van der Waals surface area contributed by atoms with E-state index in [0.29, 0.717) is 5.75 Å². The number of aryl methyl sites for hydroxylation is 1. The Kier molecular flexibility index (Phi) is 7.37. The highest BCUT2D eigenvalue weighted by Crippen LogP contribution is 2.27. The molecule has 0 heterocycles. The summed E-state index contributed by atoms with van der Waals surface area (Å²) in [5.41, 5.74) is 6.52. The average molecular weight is 388 g/mol. The summed E-state index contributed by atoms with van der Waals surface area (Å²) < 4.78 is 24.4. The maximum absolute atomic E-state index is 13.6. The number of benzene rings is 2. The van der Waals surface area contributed by atoms with E-state index in [-0.39, 0.29) is 18.3 Å². The molecule has 7 heteroatoms. The maximum atomic E-state index is 13.6. The van der Waals surface area contributed by atoms with Crippen molar-refractivity contribution >= 4 is 11.8 Å². The van der Waals surface area contributed by atoms with E-state index in [2.05, 4.69) is 10.9 Å². The lowest BCUT2D eigenvalue weighted by atomic mass is 10.0. The molecule has 0 aliphatic carbocycles. The van der Waals surface area contributed by atoms with Gasteiger partial charge in [0.15, 0.2) is 24.3 Å². The van der Waals surface area contributed by atoms with E-state index in [1.165, 1.54) is 25.1 Å². The molecular weight excluding hydrogens is 363 g/mol. The number of carbonyl (C=O) groups excluding carboxylic acids is 2. The van der Waals surface area contributed by atoms with E-state index in [0.717, 1.165) is 11.1 Å². The highest BCUT2D eigenvalue weighted by Gasteiger charge is 2.17. The van der Waals surface area contributed by atoms with Crippen LogP contribution in [0, 0.1) is 12.7 Å². The van der Waals surface area contributed by atoms with Crippen molar-refractivity contribution < 1.29 is 23.5 Å². The molecule has 2 aromatic carbocycles. The second-order valence-corrected chi connectivity index (χ2v) is 6.71. The molecular formula is C21H25FN2O4. The molecule has 1 atom stereocenters. The zero-order valence-corrected chi connectivity index (χ0v) is 16.4. The van der Waals surface area contributed by atoms with Gasteiger partial charge in [-0.05, 0) is 49.1 Å². The van der Waals surface area contributed by atoms with Crippen LogP contribution in [-0.2, 0) is 9.59 Å². The van der Waals surface area contributed by atoms with Crippen LogP contribution in [0.3, 0.4) is 0 Å². The minimum atomic E-state index is -0.998. The van der Waals surface area contributed by atoms with Crippen molar-refractivity contribution in [2.45, 2.75) is 39.7 Å². The number of ether oxygens (including phenoxy) is 2. The van der Waals surface area contributed by atoms with E-state index >= 15 is 0 Å². The summed E-state index contributed by atoms with van der Waals surface area (Å²) in [6.07, 6.45) is -0.998. The number of hydrogen-bond acceptors (Lipinski definition) is 4. The highest BCUT2D eigenvalue weighted by molar-refractivity contribution is 5.85. The summed E-state index contributed by atoms with van der Waals surface area (Å²) in [6.45, 7) is 7.20. The van der Waals surface area contributed by atoms with Gasteiger partial charge in [-0.1, -0.05) is 38.1 Å². The molecule has 0 aliphatic heterocycles. The topological polar surface area (TPSA) is 76.7 Å². The molecule has 0 aromatic heterocycles. The van der Waals surface area contributed by atoms with Crippen LogP contribution < -0.4 is 20.3 Å². The molecule has 2 aromatic rings. The number of nitrogens with one attached hydrogen (secondary N) is 2. The fourth-order valence-electron chi connectivity index (χ4n) is 2.44. The minimum Gasteiger partial charge on any atom is -0.483 e. The van der Waals surface area contributed by atoms with Crippen LogP contribution in [0.5, 0.6) is 11.5 Å². The summed E-state index contributed by atoms with van der Waals surface area (Å²) in [5, 5.41) is 0. The van der Waals surface area contributed by atoms with Crippen molar-refractivity contribution in [3.05, 3.63) is 59.4 Å². The molecule has 0 saturated carbocycles. The summed E-state index contributed by atoms with van der Waals surface area (Å²) in [6, 6.07) is 11.6. The monoisotopic (exact) mass is 388 g/mol. The third kappa shape index (κ3) is 5.97. The molecule has 0 spiro atoms. The molecule has 0 bridgehead atoms. The van der Waals surface area contributed by atoms with E-state index in [1.54, 1.807) is 6.07 Å². The third-order valence-electron chi connectivity index (χ3n) is 3.98. The molecule has 2 rings (SSSR count). The Morgan fingerprint density at radius 2 is 1.75 bits per heavy atom. The summed E-state index contributed by atoms with van der Waals surface area (Å²) in [7, 11) is 0. The number of amides is 2. The Morgan fingerprint density at radius 3 is 2.43 bits per heavy atom. The summed E-state index contributed by atoms with van der Waals surface area (Å²) in [5.74, 6) is -0.876. The van der Waals surface area contributed by atoms with Gasteiger partial charge in [-0.2, -0.15) is 0 Å². The molecule has 0 saturated heterocycles. The Labute approximate surface area is 164 Å². The smallest absolute Gasteiger partial charge is 0.279 e. The van der Waals surface area contributed by atoms with Gasteiger partial charge in [0.25, 0.3) is 11.8 Å². The molecule has 28 heavy (non-hydrogen) atoms. The van der Waals surface area contributed by atoms with Crippen molar-refractivity contribution in [2.24, 2.45) is 0 Å². The predicted octanol–water partition coefficient (Wildman–Crippen LogP) is 3.25. The molecule has 0 fully saturated rings. The van der Waals surface area contributed by atoms with Gasteiger partial charge >= 0.3 is 0 Å². The van der Waals surface area contributed by atoms with Crippen LogP contribution in [0.2, 0.25) is 0 Å². The summed E-state index contributed by atoms with van der Waals surface area (Å²) >= 11 is 0. The van der Waals surface area contributed by atoms with E-state index < -0.39 is 23.7 Å². The molecule has 0 aliphatic rings. The Bertz CT molecular complexity index is 839. The van der Waals surface area contributed by atoms with E-state index in [1.807, 2.05) is 39.0 Å². The number of carbonyl (C=O) groups is 2. The Hall–Kier alpha value is -3.09. The van der Waals surface area contributed by atoms with Crippen molar-refractivity contribution in [1.82, 2.24) is 10.9 Å². The number of hydrogen-bond donors (Lipinski definition) is 2. The van der Waals surface area contributed by atoms with Gasteiger partial charge in [-0.3, -0.25) is 20.4 Å². The normalized spacial score (nSPS) is 11.6. The first-order valence-corrected chi connectivity index (χ1v) is 9.01. The lowest BCUT2D eigenvalue weighted by Crippen LogP contribution is -2.48. The predicted molar refractivity (Wildman–Crippen MR) is 104 cm³/mol. The molecule has 150 valence electrons. The standard InChI is InChI=1S/C21H25FN2O4/c1-13(2)16-10-9-14(3)11-19(16)27-12-20(25)23-24-21(26)15(4)28-18-8-6-5-7-17(18)22/h5-11,13,15H,12H2,1-4H3,(H,23,25)(H,24,26). The van der Waals surface area contributed by atoms with E-state index in [4.69, 9.17) is 9.47 Å². The van der Waals surface area contributed by atoms with Gasteiger partial charge in [0.1, 0.15) is 5.75 Å². The molecule has 2 amide bonds. The first kappa shape index (κ1) is 21.2. The second-order valence-electron chi connectivity index (χ2n) is 6.71. The molecule has 1 unspecified atom stereocenters. The average Bonchev–Trinajstić information content (AvgIpc) is 2.65. The zero-order valence-electron chi connectivity index (χ0n) is 16.4. The van der Waals surface area contributed by atoms with Gasteiger partial charge in [-0.15, -0.1) is 0 Å². The van der Waals surface area contributed by atoms with Gasteiger partial charge in [0.2, 0.25) is 0 Å². The fraction of sp³-hybridized carbons (Fsp3) is 0.333. The fourth-order valence-corrected chi connectivity index (χ4v) is 2.44. The van der Waals surface area contributed by atoms with Crippen molar-refractivity contribution in [2.75, 3.05) is 6.61 Å². The quantitative estimate of drug-likeness (QED) is 0.714. The minimum absolute atomic E-state index is 0.0412. The van der Waals surface area contributed by atoms with Crippen LogP contribution in [0.25, 0.3) is 0 Å². The Balaban J connectivity index is 1.83. The van der Waals surface area contributed by atoms with Crippen molar-refractivity contribution in [3.63, 3.8) is 0 Å². The molecule has 6 nitrogen and oxygen atoms in total. The second kappa shape index (κ2) is 9.73. The number of para-hydroxylation sites is 1. The van der Waals surface area contributed by atoms with Crippen LogP contribution >= 0.6 is 0 Å². The van der Waals surface area contributed by atoms with Crippen LogP contribution in [0.15, 0.2) is 42.5 Å². The van der Waals surface area contributed by atoms with Crippen LogP contribution in [0.1, 0.15) is 37.8 Å². The van der Waals surface area contributed by atoms with Gasteiger partial charge in [0.05, 0.1) is 0 Å². The number of rotatable bonds is 7. The van der Waals surface area contributed by atoms with E-state index in [9.17, 15) is 14.0 Å². The first-order valence-electron chi connectivity index (χ1n) is 9.01. The molecule has 0 radical (unpaired) electrons. The summed E-state index contributed by atoms with van der Waals surface area (Å²) in [4.78, 5) is 24.0. The number of hydrazine groups is 1. The SMILES string of the molecule is Cc1ccc(C(C)C)c(OCC(=O)NNC(=O)C(C)Oc2ccccc2F)c1. The van der Waals surface area contributed by atoms with Gasteiger partial charge in [0, 0.05) is 0 Å². The lowest BCUT2D eigenvalue weighted by molar-refractivity contribution is -0.133.